The van der Waals surface area contributed by atoms with Gasteiger partial charge in [-0.25, -0.2) is 4.98 Å². The number of carboxylic acid groups (broad SMARTS) is 1. The first-order valence-corrected chi connectivity index (χ1v) is 7.04. The number of carbonyl (C=O) groups is 1. The van der Waals surface area contributed by atoms with Crippen molar-refractivity contribution in [3.8, 4) is 5.75 Å². The maximum absolute atomic E-state index is 10.7. The lowest BCUT2D eigenvalue weighted by molar-refractivity contribution is -0.138. The molecule has 2 aromatic rings. The van der Waals surface area contributed by atoms with Gasteiger partial charge in [0.15, 0.2) is 4.47 Å². The van der Waals surface area contributed by atoms with Gasteiger partial charge >= 0.3 is 5.97 Å². The van der Waals surface area contributed by atoms with Crippen LogP contribution in [0, 0.1) is 0 Å². The van der Waals surface area contributed by atoms with Gasteiger partial charge in [-0.3, -0.25) is 4.79 Å². The van der Waals surface area contributed by atoms with Crippen molar-refractivity contribution >= 4 is 28.9 Å². The molecule has 1 unspecified atom stereocenters. The summed E-state index contributed by atoms with van der Waals surface area (Å²) in [7, 11) is 0. The summed E-state index contributed by atoms with van der Waals surface area (Å²) < 4.78 is 6.06. The lowest BCUT2D eigenvalue weighted by Gasteiger charge is -2.08. The number of rotatable bonds is 6. The molecule has 0 radical (unpaired) electrons. The lowest BCUT2D eigenvalue weighted by atomic mass is 10.1. The predicted molar refractivity (Wildman–Crippen MR) is 77.2 cm³/mol. The largest absolute Gasteiger partial charge is 0.488 e. The van der Waals surface area contributed by atoms with Crippen molar-refractivity contribution in [2.45, 2.75) is 19.1 Å². The summed E-state index contributed by atoms with van der Waals surface area (Å²) in [4.78, 5) is 15.5. The molecule has 20 heavy (non-hydrogen) atoms. The van der Waals surface area contributed by atoms with E-state index < -0.39 is 12.0 Å². The van der Waals surface area contributed by atoms with Crippen molar-refractivity contribution in [1.82, 2.24) is 4.98 Å². The number of halogens is 1. The number of ether oxygens (including phenoxy) is 1. The quantitative estimate of drug-likeness (QED) is 0.855. The van der Waals surface area contributed by atoms with E-state index in [1.807, 2.05) is 0 Å². The molecule has 1 heterocycles. The van der Waals surface area contributed by atoms with E-state index in [0.29, 0.717) is 23.2 Å². The molecule has 7 heteroatoms. The highest BCUT2D eigenvalue weighted by Crippen LogP contribution is 2.20. The molecule has 3 N–H and O–H groups in total. The smallest absolute Gasteiger partial charge is 0.320 e. The Hall–Kier alpha value is -1.63. The van der Waals surface area contributed by atoms with Crippen LogP contribution in [0.3, 0.4) is 0 Å². The standard InChI is InChI=1S/C13H13ClN2O3S/c14-13-16-6-10(20-13)7-19-9-3-1-8(2-4-9)5-11(15)12(17)18/h1-4,6,11H,5,7,15H2,(H,17,18). The predicted octanol–water partition coefficient (Wildman–Crippen LogP) is 2.33. The van der Waals surface area contributed by atoms with Crippen LogP contribution in [0.2, 0.25) is 4.47 Å². The van der Waals surface area contributed by atoms with Crippen molar-refractivity contribution in [3.63, 3.8) is 0 Å². The van der Waals surface area contributed by atoms with Crippen molar-refractivity contribution in [1.29, 1.82) is 0 Å². The Bertz CT molecular complexity index is 586. The zero-order chi connectivity index (χ0) is 14.5. The Morgan fingerprint density at radius 3 is 2.70 bits per heavy atom. The van der Waals surface area contributed by atoms with Gasteiger partial charge in [0.25, 0.3) is 0 Å². The third kappa shape index (κ3) is 4.19. The molecule has 1 aromatic heterocycles. The second-order valence-electron chi connectivity index (χ2n) is 4.16. The van der Waals surface area contributed by atoms with Crippen molar-refractivity contribution in [3.05, 3.63) is 45.4 Å². The van der Waals surface area contributed by atoms with E-state index >= 15 is 0 Å². The van der Waals surface area contributed by atoms with Gasteiger partial charge in [-0.05, 0) is 24.1 Å². The molecular weight excluding hydrogens is 300 g/mol. The molecule has 0 aliphatic heterocycles. The van der Waals surface area contributed by atoms with Crippen LogP contribution in [0.15, 0.2) is 30.5 Å². The minimum absolute atomic E-state index is 0.292. The van der Waals surface area contributed by atoms with Crippen LogP contribution in [0.1, 0.15) is 10.4 Å². The van der Waals surface area contributed by atoms with Crippen LogP contribution in [-0.2, 0) is 17.8 Å². The number of benzene rings is 1. The average Bonchev–Trinajstić information content (AvgIpc) is 2.83. The van der Waals surface area contributed by atoms with Crippen LogP contribution < -0.4 is 10.5 Å². The second-order valence-corrected chi connectivity index (χ2v) is 5.86. The van der Waals surface area contributed by atoms with Crippen LogP contribution in [0.5, 0.6) is 5.75 Å². The first kappa shape index (κ1) is 14.8. The Balaban J connectivity index is 1.89. The van der Waals surface area contributed by atoms with Gasteiger partial charge in [0.2, 0.25) is 0 Å². The highest BCUT2D eigenvalue weighted by atomic mass is 35.5. The van der Waals surface area contributed by atoms with Crippen molar-refractivity contribution in [2.24, 2.45) is 5.73 Å². The van der Waals surface area contributed by atoms with Gasteiger partial charge < -0.3 is 15.6 Å². The number of nitrogens with two attached hydrogens (primary N) is 1. The number of hydrogen-bond acceptors (Lipinski definition) is 5. The molecule has 0 spiro atoms. The Labute approximate surface area is 125 Å². The summed E-state index contributed by atoms with van der Waals surface area (Å²) in [5, 5.41) is 8.74. The zero-order valence-corrected chi connectivity index (χ0v) is 12.0. The minimum atomic E-state index is -1.01. The fraction of sp³-hybridized carbons (Fsp3) is 0.231. The molecule has 0 fully saturated rings. The maximum atomic E-state index is 10.7. The summed E-state index contributed by atoms with van der Waals surface area (Å²) in [6.45, 7) is 0.401. The van der Waals surface area contributed by atoms with Crippen LogP contribution in [-0.4, -0.2) is 22.1 Å². The lowest BCUT2D eigenvalue weighted by Crippen LogP contribution is -2.32. The third-order valence-electron chi connectivity index (χ3n) is 2.60. The summed E-state index contributed by atoms with van der Waals surface area (Å²) in [5.41, 5.74) is 6.33. The topological polar surface area (TPSA) is 85.4 Å². The van der Waals surface area contributed by atoms with E-state index in [0.717, 1.165) is 10.4 Å². The Morgan fingerprint density at radius 2 is 2.15 bits per heavy atom. The first-order valence-electron chi connectivity index (χ1n) is 5.85. The highest BCUT2D eigenvalue weighted by Gasteiger charge is 2.11. The van der Waals surface area contributed by atoms with Gasteiger partial charge in [-0.1, -0.05) is 23.7 Å². The van der Waals surface area contributed by atoms with Gasteiger partial charge in [0.1, 0.15) is 18.4 Å². The van der Waals surface area contributed by atoms with Gasteiger partial charge in [-0.15, -0.1) is 11.3 Å². The molecule has 1 aromatic carbocycles. The molecule has 0 saturated heterocycles. The van der Waals surface area contributed by atoms with E-state index in [9.17, 15) is 4.79 Å². The Kier molecular flexibility index (Phi) is 4.94. The molecule has 5 nitrogen and oxygen atoms in total. The summed E-state index contributed by atoms with van der Waals surface area (Å²) in [6, 6.07) is 6.29. The maximum Gasteiger partial charge on any atom is 0.320 e. The molecule has 0 saturated carbocycles. The van der Waals surface area contributed by atoms with E-state index in [4.69, 9.17) is 27.2 Å². The minimum Gasteiger partial charge on any atom is -0.488 e. The molecule has 0 bridgehead atoms. The number of nitrogens with zero attached hydrogens (tertiary/aromatic N) is 1. The van der Waals surface area contributed by atoms with Crippen LogP contribution in [0.4, 0.5) is 0 Å². The van der Waals surface area contributed by atoms with Gasteiger partial charge in [0, 0.05) is 6.20 Å². The van der Waals surface area contributed by atoms with E-state index in [2.05, 4.69) is 4.98 Å². The number of hydrogen-bond donors (Lipinski definition) is 2. The van der Waals surface area contributed by atoms with Crippen LogP contribution >= 0.6 is 22.9 Å². The van der Waals surface area contributed by atoms with E-state index in [1.165, 1.54) is 11.3 Å². The van der Waals surface area contributed by atoms with Gasteiger partial charge in [0.05, 0.1) is 4.88 Å². The molecule has 1 atom stereocenters. The molecule has 2 rings (SSSR count). The monoisotopic (exact) mass is 312 g/mol. The number of aliphatic carboxylic acids is 1. The number of aromatic nitrogens is 1. The third-order valence-corrected chi connectivity index (χ3v) is 3.69. The Morgan fingerprint density at radius 1 is 1.45 bits per heavy atom. The highest BCUT2D eigenvalue weighted by molar-refractivity contribution is 7.15. The first-order chi connectivity index (χ1) is 9.54. The fourth-order valence-corrected chi connectivity index (χ4v) is 2.46. The normalized spacial score (nSPS) is 12.1. The number of thiazole rings is 1. The molecule has 0 aliphatic carbocycles. The second kappa shape index (κ2) is 6.69. The molecule has 106 valence electrons. The SMILES string of the molecule is NC(Cc1ccc(OCc2cnc(Cl)s2)cc1)C(=O)O. The summed E-state index contributed by atoms with van der Waals surface area (Å²) >= 11 is 7.10. The number of carboxylic acids is 1. The van der Waals surface area contributed by atoms with Gasteiger partial charge in [-0.2, -0.15) is 0 Å². The van der Waals surface area contributed by atoms with Crippen molar-refractivity contribution in [2.75, 3.05) is 0 Å². The summed E-state index contributed by atoms with van der Waals surface area (Å²) in [6.07, 6.45) is 1.97. The molecule has 0 amide bonds. The summed E-state index contributed by atoms with van der Waals surface area (Å²) in [5.74, 6) is -0.311. The zero-order valence-electron chi connectivity index (χ0n) is 10.5. The van der Waals surface area contributed by atoms with E-state index in [-0.39, 0.29) is 0 Å². The molecule has 0 aliphatic rings. The van der Waals surface area contributed by atoms with Crippen molar-refractivity contribution < 1.29 is 14.6 Å². The average molecular weight is 313 g/mol. The molecular formula is C13H13ClN2O3S. The van der Waals surface area contributed by atoms with E-state index in [1.54, 1.807) is 30.5 Å². The fourth-order valence-electron chi connectivity index (χ4n) is 1.57. The van der Waals surface area contributed by atoms with Crippen LogP contribution in [0.25, 0.3) is 0 Å².